The minimum Gasteiger partial charge on any atom is -0.465 e. The van der Waals surface area contributed by atoms with Gasteiger partial charge >= 0.3 is 5.97 Å². The second-order valence-corrected chi connectivity index (χ2v) is 8.64. The summed E-state index contributed by atoms with van der Waals surface area (Å²) in [4.78, 5) is 35.1. The number of methoxy groups -OCH3 is 1. The van der Waals surface area contributed by atoms with E-state index in [1.807, 2.05) is 28.8 Å². The molecule has 6 rings (SSSR count). The Morgan fingerprint density at radius 2 is 1.74 bits per heavy atom. The first kappa shape index (κ1) is 20.7. The zero-order chi connectivity index (χ0) is 23.6. The van der Waals surface area contributed by atoms with Crippen LogP contribution in [0.3, 0.4) is 0 Å². The van der Waals surface area contributed by atoms with Gasteiger partial charge in [-0.05, 0) is 42.0 Å². The Hall–Kier alpha value is -3.88. The number of anilines is 2. The molecule has 3 heterocycles. The number of fused-ring (bicyclic) bond motifs is 5. The first-order valence-corrected chi connectivity index (χ1v) is 11.1. The van der Waals surface area contributed by atoms with Crippen molar-refractivity contribution in [2.45, 2.75) is 6.17 Å². The van der Waals surface area contributed by atoms with E-state index in [9.17, 15) is 9.59 Å². The predicted molar refractivity (Wildman–Crippen MR) is 130 cm³/mol. The van der Waals surface area contributed by atoms with Crippen molar-refractivity contribution in [3.8, 4) is 0 Å². The molecule has 0 spiro atoms. The van der Waals surface area contributed by atoms with Crippen LogP contribution in [-0.2, 0) is 4.74 Å². The molecular formula is C24H15Cl2N5O3. The lowest BCUT2D eigenvalue weighted by atomic mass is 10.1. The number of carbonyl (C=O) groups excluding carboxylic acids is 1. The highest BCUT2D eigenvalue weighted by Gasteiger charge is 2.32. The SMILES string of the molecule is COC(=O)c1ccc([C@@H]2n3c(nc4c(Cl)cc(Cl)cc4c3=O)Nc3nc4ccccc4n32)cc1. The number of hydrogen-bond donors (Lipinski definition) is 1. The second-order valence-electron chi connectivity index (χ2n) is 7.80. The van der Waals surface area contributed by atoms with Crippen molar-refractivity contribution in [2.24, 2.45) is 0 Å². The summed E-state index contributed by atoms with van der Waals surface area (Å²) < 4.78 is 8.29. The van der Waals surface area contributed by atoms with Gasteiger partial charge in [0.05, 0.1) is 39.6 Å². The van der Waals surface area contributed by atoms with Gasteiger partial charge in [0.25, 0.3) is 5.56 Å². The standard InChI is InChI=1S/C24H15Cl2N5O3/c1-34-22(33)13-8-6-12(7-9-13)20-30-18-5-3-2-4-17(18)27-23(30)29-24-28-19-15(21(32)31(20)24)10-14(25)11-16(19)26/h2-11,20H,1H3,(H,27,28,29)/t20-/m0/s1. The van der Waals surface area contributed by atoms with Gasteiger partial charge in [-0.1, -0.05) is 47.5 Å². The second kappa shape index (κ2) is 7.58. The molecule has 10 heteroatoms. The molecule has 1 N–H and O–H groups in total. The van der Waals surface area contributed by atoms with Crippen molar-refractivity contribution in [1.82, 2.24) is 19.1 Å². The number of esters is 1. The molecule has 0 fully saturated rings. The number of hydrogen-bond acceptors (Lipinski definition) is 6. The fourth-order valence-electron chi connectivity index (χ4n) is 4.35. The third-order valence-electron chi connectivity index (χ3n) is 5.86. The number of nitrogens with zero attached hydrogens (tertiary/aromatic N) is 4. The van der Waals surface area contributed by atoms with Gasteiger partial charge in [0.15, 0.2) is 0 Å². The molecule has 0 aliphatic carbocycles. The highest BCUT2D eigenvalue weighted by Crippen LogP contribution is 2.37. The molecular weight excluding hydrogens is 477 g/mol. The summed E-state index contributed by atoms with van der Waals surface area (Å²) in [6.45, 7) is 0. The normalized spacial score (nSPS) is 14.5. The Morgan fingerprint density at radius 1 is 1.00 bits per heavy atom. The van der Waals surface area contributed by atoms with Crippen LogP contribution < -0.4 is 10.9 Å². The van der Waals surface area contributed by atoms with Gasteiger partial charge in [-0.3, -0.25) is 19.2 Å². The van der Waals surface area contributed by atoms with Gasteiger partial charge in [0.1, 0.15) is 6.17 Å². The van der Waals surface area contributed by atoms with Crippen molar-refractivity contribution in [3.05, 3.63) is 92.2 Å². The molecule has 1 aliphatic heterocycles. The van der Waals surface area contributed by atoms with Crippen molar-refractivity contribution >= 4 is 63.0 Å². The highest BCUT2D eigenvalue weighted by molar-refractivity contribution is 6.38. The summed E-state index contributed by atoms with van der Waals surface area (Å²) in [5, 5.41) is 4.10. The number of nitrogens with one attached hydrogen (secondary N) is 1. The van der Waals surface area contributed by atoms with Gasteiger partial charge < -0.3 is 4.74 Å². The molecule has 2 aromatic heterocycles. The van der Waals surface area contributed by atoms with Crippen LogP contribution in [0.5, 0.6) is 0 Å². The van der Waals surface area contributed by atoms with Crippen molar-refractivity contribution in [2.75, 3.05) is 12.4 Å². The molecule has 0 amide bonds. The van der Waals surface area contributed by atoms with E-state index < -0.39 is 12.1 Å². The minimum atomic E-state index is -0.632. The lowest BCUT2D eigenvalue weighted by molar-refractivity contribution is 0.0600. The molecule has 0 radical (unpaired) electrons. The third-order valence-corrected chi connectivity index (χ3v) is 6.37. The van der Waals surface area contributed by atoms with Crippen molar-refractivity contribution in [1.29, 1.82) is 0 Å². The van der Waals surface area contributed by atoms with E-state index in [2.05, 4.69) is 10.3 Å². The number of imidazole rings is 1. The largest absolute Gasteiger partial charge is 0.465 e. The molecule has 1 atom stereocenters. The number of ether oxygens (including phenoxy) is 1. The number of carbonyl (C=O) groups is 1. The monoisotopic (exact) mass is 491 g/mol. The molecule has 8 nitrogen and oxygen atoms in total. The van der Waals surface area contributed by atoms with E-state index >= 15 is 0 Å². The molecule has 3 aromatic carbocycles. The zero-order valence-electron chi connectivity index (χ0n) is 17.6. The smallest absolute Gasteiger partial charge is 0.337 e. The van der Waals surface area contributed by atoms with Crippen LogP contribution in [0.1, 0.15) is 22.1 Å². The number of aromatic nitrogens is 4. The Labute approximate surface area is 202 Å². The van der Waals surface area contributed by atoms with Crippen LogP contribution >= 0.6 is 23.2 Å². The van der Waals surface area contributed by atoms with Crippen LogP contribution in [0, 0.1) is 0 Å². The maximum atomic E-state index is 13.8. The van der Waals surface area contributed by atoms with Crippen LogP contribution in [0.4, 0.5) is 11.9 Å². The van der Waals surface area contributed by atoms with E-state index in [1.54, 1.807) is 41.0 Å². The van der Waals surface area contributed by atoms with E-state index in [-0.39, 0.29) is 10.6 Å². The highest BCUT2D eigenvalue weighted by atomic mass is 35.5. The summed E-state index contributed by atoms with van der Waals surface area (Å²) in [6, 6.07) is 17.6. The first-order chi connectivity index (χ1) is 16.5. The summed E-state index contributed by atoms with van der Waals surface area (Å²) in [7, 11) is 1.33. The first-order valence-electron chi connectivity index (χ1n) is 10.3. The quantitative estimate of drug-likeness (QED) is 0.343. The van der Waals surface area contributed by atoms with Crippen LogP contribution in [-0.4, -0.2) is 32.2 Å². The van der Waals surface area contributed by atoms with Gasteiger partial charge in [0.2, 0.25) is 11.9 Å². The topological polar surface area (TPSA) is 91.0 Å². The fourth-order valence-corrected chi connectivity index (χ4v) is 4.88. The number of para-hydroxylation sites is 2. The average molecular weight is 492 g/mol. The average Bonchev–Trinajstić information content (AvgIpc) is 3.21. The molecule has 0 bridgehead atoms. The molecule has 1 aliphatic rings. The maximum absolute atomic E-state index is 13.8. The molecule has 0 unspecified atom stereocenters. The summed E-state index contributed by atoms with van der Waals surface area (Å²) >= 11 is 12.6. The van der Waals surface area contributed by atoms with Gasteiger partial charge in [-0.2, -0.15) is 0 Å². The van der Waals surface area contributed by atoms with E-state index in [0.717, 1.165) is 16.6 Å². The molecule has 34 heavy (non-hydrogen) atoms. The summed E-state index contributed by atoms with van der Waals surface area (Å²) in [6.07, 6.45) is -0.632. The lowest BCUT2D eigenvalue weighted by Gasteiger charge is -2.31. The summed E-state index contributed by atoms with van der Waals surface area (Å²) in [5.41, 5.74) is 2.76. The van der Waals surface area contributed by atoms with Crippen LogP contribution in [0.2, 0.25) is 10.0 Å². The zero-order valence-corrected chi connectivity index (χ0v) is 19.1. The molecule has 0 saturated carbocycles. The van der Waals surface area contributed by atoms with Crippen LogP contribution in [0.25, 0.3) is 21.9 Å². The number of halogens is 2. The number of rotatable bonds is 2. The molecule has 0 saturated heterocycles. The van der Waals surface area contributed by atoms with E-state index in [1.165, 1.54) is 7.11 Å². The van der Waals surface area contributed by atoms with E-state index in [0.29, 0.717) is 33.4 Å². The number of benzene rings is 3. The van der Waals surface area contributed by atoms with E-state index in [4.69, 9.17) is 32.9 Å². The predicted octanol–water partition coefficient (Wildman–Crippen LogP) is 4.99. The van der Waals surface area contributed by atoms with Crippen molar-refractivity contribution < 1.29 is 9.53 Å². The Bertz CT molecular complexity index is 1690. The minimum absolute atomic E-state index is 0.280. The lowest BCUT2D eigenvalue weighted by Crippen LogP contribution is -2.36. The third kappa shape index (κ3) is 2.99. The molecule has 5 aromatic rings. The molecule has 168 valence electrons. The summed E-state index contributed by atoms with van der Waals surface area (Å²) in [5.74, 6) is 0.381. The van der Waals surface area contributed by atoms with Gasteiger partial charge in [0, 0.05) is 5.02 Å². The Morgan fingerprint density at radius 3 is 2.50 bits per heavy atom. The Balaban J connectivity index is 1.67. The Kier molecular flexibility index (Phi) is 4.62. The maximum Gasteiger partial charge on any atom is 0.337 e. The fraction of sp³-hybridized carbons (Fsp3) is 0.0833. The van der Waals surface area contributed by atoms with Gasteiger partial charge in [-0.25, -0.2) is 14.8 Å². The van der Waals surface area contributed by atoms with Crippen molar-refractivity contribution in [3.63, 3.8) is 0 Å². The van der Waals surface area contributed by atoms with Crippen LogP contribution in [0.15, 0.2) is 65.5 Å². The van der Waals surface area contributed by atoms with Gasteiger partial charge in [-0.15, -0.1) is 0 Å².